The van der Waals surface area contributed by atoms with E-state index in [1.54, 1.807) is 0 Å². The van der Waals surface area contributed by atoms with Gasteiger partial charge in [0.05, 0.1) is 39.6 Å². The Balaban J connectivity index is -0.000000760. The van der Waals surface area contributed by atoms with Gasteiger partial charge in [-0.25, -0.2) is 0 Å². The maximum absolute atomic E-state index is 6.30. The Morgan fingerprint density at radius 3 is 0.392 bits per heavy atom. The lowest BCUT2D eigenvalue weighted by molar-refractivity contribution is -0.0693. The lowest BCUT2D eigenvalue weighted by Gasteiger charge is -2.37. The monoisotopic (exact) mass is 727 g/mol. The summed E-state index contributed by atoms with van der Waals surface area (Å²) in [4.78, 5) is 0. The van der Waals surface area contributed by atoms with E-state index in [0.29, 0.717) is 27.1 Å². The Hall–Kier alpha value is -0.120. The van der Waals surface area contributed by atoms with Crippen molar-refractivity contribution in [3.63, 3.8) is 0 Å². The molecule has 0 aliphatic heterocycles. The Labute approximate surface area is 325 Å². The third-order valence-electron chi connectivity index (χ3n) is 15.9. The topological polar surface area (TPSA) is 27.7 Å². The molecule has 51 heavy (non-hydrogen) atoms. The van der Waals surface area contributed by atoms with Gasteiger partial charge in [0.2, 0.25) is 0 Å². The SMILES string of the molecule is CCC(CC)(CC)CC.CCC(CC)(CC)COCC(CC)(CC)CC.CCC(CC)(CC)COCC(CC)(CC)COCC(CC)(CC)CC. The minimum Gasteiger partial charge on any atom is -0.380 e. The lowest BCUT2D eigenvalue weighted by atomic mass is 9.78. The van der Waals surface area contributed by atoms with E-state index in [2.05, 4.69) is 125 Å². The molecule has 3 nitrogen and oxygen atoms in total. The van der Waals surface area contributed by atoms with Crippen molar-refractivity contribution in [2.75, 3.05) is 39.6 Å². The first kappa shape index (κ1) is 55.2. The zero-order valence-corrected chi connectivity index (χ0v) is 39.2. The maximum atomic E-state index is 6.30. The summed E-state index contributed by atoms with van der Waals surface area (Å²) in [5.74, 6) is 0. The third kappa shape index (κ3) is 18.9. The lowest BCUT2D eigenvalue weighted by Crippen LogP contribution is -2.36. The largest absolute Gasteiger partial charge is 0.380 e. The van der Waals surface area contributed by atoms with Crippen LogP contribution in [0, 0.1) is 32.5 Å². The van der Waals surface area contributed by atoms with E-state index in [4.69, 9.17) is 14.2 Å². The van der Waals surface area contributed by atoms with Crippen LogP contribution in [0.2, 0.25) is 0 Å². The van der Waals surface area contributed by atoms with Gasteiger partial charge in [-0.05, 0) is 117 Å². The van der Waals surface area contributed by atoms with Gasteiger partial charge in [-0.1, -0.05) is 150 Å². The summed E-state index contributed by atoms with van der Waals surface area (Å²) in [5.41, 5.74) is 2.38. The molecule has 0 atom stereocenters. The van der Waals surface area contributed by atoms with Gasteiger partial charge in [-0.2, -0.15) is 0 Å². The van der Waals surface area contributed by atoms with Crippen LogP contribution in [-0.4, -0.2) is 39.6 Å². The normalized spacial score (nSPS) is 13.1. The molecule has 0 fully saturated rings. The van der Waals surface area contributed by atoms with Crippen molar-refractivity contribution < 1.29 is 14.2 Å². The summed E-state index contributed by atoms with van der Waals surface area (Å²) in [7, 11) is 0. The molecular formula is C48H102O3. The van der Waals surface area contributed by atoms with E-state index in [0.717, 1.165) is 52.5 Å². The predicted molar refractivity (Wildman–Crippen MR) is 232 cm³/mol. The van der Waals surface area contributed by atoms with E-state index in [1.165, 1.54) is 103 Å². The summed E-state index contributed by atoms with van der Waals surface area (Å²) in [6.07, 6.45) is 22.2. The van der Waals surface area contributed by atoms with Crippen molar-refractivity contribution in [1.29, 1.82) is 0 Å². The molecule has 0 spiro atoms. The minimum atomic E-state index is 0.169. The summed E-state index contributed by atoms with van der Waals surface area (Å²) in [5, 5.41) is 0. The summed E-state index contributed by atoms with van der Waals surface area (Å²) in [6, 6.07) is 0. The van der Waals surface area contributed by atoms with E-state index in [1.807, 2.05) is 0 Å². The molecule has 312 valence electrons. The van der Waals surface area contributed by atoms with Gasteiger partial charge in [-0.3, -0.25) is 0 Å². The Morgan fingerprint density at radius 2 is 0.294 bits per heavy atom. The van der Waals surface area contributed by atoms with Crippen LogP contribution in [0.15, 0.2) is 0 Å². The molecule has 0 N–H and O–H groups in total. The highest BCUT2D eigenvalue weighted by Gasteiger charge is 2.32. The highest BCUT2D eigenvalue weighted by molar-refractivity contribution is 4.81. The second kappa shape index (κ2) is 30.1. The van der Waals surface area contributed by atoms with Crippen LogP contribution in [0.3, 0.4) is 0 Å². The molecular weight excluding hydrogens is 625 g/mol. The second-order valence-electron chi connectivity index (χ2n) is 16.8. The van der Waals surface area contributed by atoms with Gasteiger partial charge >= 0.3 is 0 Å². The number of hydrogen-bond donors (Lipinski definition) is 0. The quantitative estimate of drug-likeness (QED) is 0.0737. The van der Waals surface area contributed by atoms with Gasteiger partial charge < -0.3 is 14.2 Å². The van der Waals surface area contributed by atoms with E-state index < -0.39 is 0 Å². The molecule has 0 radical (unpaired) electrons. The predicted octanol–water partition coefficient (Wildman–Crippen LogP) is 16.3. The Kier molecular flexibility index (Phi) is 32.6. The fourth-order valence-corrected chi connectivity index (χ4v) is 7.88. The highest BCUT2D eigenvalue weighted by atomic mass is 16.5. The molecule has 0 aromatic carbocycles. The van der Waals surface area contributed by atoms with Gasteiger partial charge in [0.15, 0.2) is 0 Å². The van der Waals surface area contributed by atoms with Crippen molar-refractivity contribution in [3.05, 3.63) is 0 Å². The van der Waals surface area contributed by atoms with Crippen LogP contribution in [0.5, 0.6) is 0 Å². The smallest absolute Gasteiger partial charge is 0.0544 e. The molecule has 0 aliphatic rings. The van der Waals surface area contributed by atoms with Crippen LogP contribution in [0.1, 0.15) is 240 Å². The summed E-state index contributed by atoms with van der Waals surface area (Å²) in [6.45, 7) is 46.7. The zero-order valence-electron chi connectivity index (χ0n) is 39.2. The fourth-order valence-electron chi connectivity index (χ4n) is 7.88. The first-order valence-corrected chi connectivity index (χ1v) is 22.9. The van der Waals surface area contributed by atoms with Crippen molar-refractivity contribution in [2.45, 2.75) is 240 Å². The Morgan fingerprint density at radius 1 is 0.176 bits per heavy atom. The summed E-state index contributed by atoms with van der Waals surface area (Å²) < 4.78 is 18.7. The average Bonchev–Trinajstić information content (AvgIpc) is 3.20. The molecule has 0 saturated heterocycles. The van der Waals surface area contributed by atoms with Crippen molar-refractivity contribution in [3.8, 4) is 0 Å². The number of ether oxygens (including phenoxy) is 3. The minimum absolute atomic E-state index is 0.169. The van der Waals surface area contributed by atoms with Gasteiger partial charge in [0.1, 0.15) is 0 Å². The third-order valence-corrected chi connectivity index (χ3v) is 15.9. The van der Waals surface area contributed by atoms with Crippen LogP contribution < -0.4 is 0 Å². The zero-order chi connectivity index (χ0) is 40.1. The van der Waals surface area contributed by atoms with Crippen molar-refractivity contribution in [1.82, 2.24) is 0 Å². The standard InChI is InChI=1S/C23H48O2.C16H34O.C9H20/c1-9-21(10-2,11-3)17-24-19-23(15-7,16-8)20-25-18-22(12-4,13-5)14-6;1-7-15(8-2,9-3)13-17-14-16(10-4,11-5)12-6;1-5-9(6-2,7-3)8-4/h9-20H2,1-8H3;7-14H2,1-6H3;5-8H2,1-4H3. The molecule has 0 bridgehead atoms. The second-order valence-corrected chi connectivity index (χ2v) is 16.8. The van der Waals surface area contributed by atoms with Crippen LogP contribution in [0.4, 0.5) is 0 Å². The average molecular weight is 727 g/mol. The molecule has 0 unspecified atom stereocenters. The molecule has 0 rings (SSSR count). The molecule has 3 heteroatoms. The van der Waals surface area contributed by atoms with Gasteiger partial charge in [0.25, 0.3) is 0 Å². The maximum Gasteiger partial charge on any atom is 0.0544 e. The van der Waals surface area contributed by atoms with Gasteiger partial charge in [-0.15, -0.1) is 0 Å². The van der Waals surface area contributed by atoms with Gasteiger partial charge in [0, 0.05) is 5.41 Å². The van der Waals surface area contributed by atoms with Crippen LogP contribution in [-0.2, 0) is 14.2 Å². The molecule has 0 heterocycles. The Bertz CT molecular complexity index is 635. The van der Waals surface area contributed by atoms with Crippen LogP contribution in [0.25, 0.3) is 0 Å². The van der Waals surface area contributed by atoms with E-state index in [-0.39, 0.29) is 5.41 Å². The molecule has 0 saturated carbocycles. The van der Waals surface area contributed by atoms with E-state index in [9.17, 15) is 0 Å². The molecule has 0 amide bonds. The van der Waals surface area contributed by atoms with Crippen molar-refractivity contribution in [2.24, 2.45) is 32.5 Å². The first-order valence-electron chi connectivity index (χ1n) is 22.9. The highest BCUT2D eigenvalue weighted by Crippen LogP contribution is 2.37. The number of rotatable bonds is 30. The molecule has 0 aliphatic carbocycles. The van der Waals surface area contributed by atoms with E-state index >= 15 is 0 Å². The summed E-state index contributed by atoms with van der Waals surface area (Å²) >= 11 is 0. The molecule has 0 aromatic rings. The number of hydrogen-bond acceptors (Lipinski definition) is 3. The fraction of sp³-hybridized carbons (Fsp3) is 1.00. The first-order chi connectivity index (χ1) is 24.2. The molecule has 0 aromatic heterocycles. The van der Waals surface area contributed by atoms with Crippen LogP contribution >= 0.6 is 0 Å². The van der Waals surface area contributed by atoms with Crippen molar-refractivity contribution >= 4 is 0 Å².